The molecule has 172 valence electrons. The van der Waals surface area contributed by atoms with Gasteiger partial charge in [0, 0.05) is 24.6 Å². The van der Waals surface area contributed by atoms with E-state index in [0.717, 1.165) is 40.6 Å². The van der Waals surface area contributed by atoms with Gasteiger partial charge in [0.25, 0.3) is 5.56 Å². The number of hydrogen-bond donors (Lipinski definition) is 1. The first-order valence-electron chi connectivity index (χ1n) is 11.2. The fourth-order valence-corrected chi connectivity index (χ4v) is 5.64. The molecular weight excluding hydrogens is 436 g/mol. The molecule has 0 radical (unpaired) electrons. The van der Waals surface area contributed by atoms with Crippen LogP contribution < -0.4 is 10.3 Å². The van der Waals surface area contributed by atoms with Crippen molar-refractivity contribution in [3.05, 3.63) is 75.8 Å². The first kappa shape index (κ1) is 22.0. The molecule has 2 aliphatic heterocycles. The van der Waals surface area contributed by atoms with Crippen LogP contribution in [0.3, 0.4) is 0 Å². The second-order valence-corrected chi connectivity index (χ2v) is 10.5. The number of fused-ring (bicyclic) bond motifs is 1. The van der Waals surface area contributed by atoms with Crippen LogP contribution in [0.4, 0.5) is 5.82 Å². The third kappa shape index (κ3) is 4.63. The maximum atomic E-state index is 13.1. The molecular formula is C25H28N4O3S. The molecule has 5 rings (SSSR count). The van der Waals surface area contributed by atoms with Gasteiger partial charge in [0.15, 0.2) is 5.82 Å². The molecule has 8 heteroatoms. The minimum absolute atomic E-state index is 0.0790. The number of aliphatic imine (C=N–C) groups is 1. The van der Waals surface area contributed by atoms with Gasteiger partial charge in [-0.2, -0.15) is 0 Å². The minimum atomic E-state index is -0.224. The van der Waals surface area contributed by atoms with Gasteiger partial charge in [-0.05, 0) is 57.4 Å². The first-order chi connectivity index (χ1) is 15.9. The number of thioether (sulfide) groups is 1. The summed E-state index contributed by atoms with van der Waals surface area (Å²) in [5, 5.41) is 3.89. The van der Waals surface area contributed by atoms with Crippen molar-refractivity contribution in [2.45, 2.75) is 57.1 Å². The second-order valence-electron chi connectivity index (χ2n) is 9.15. The fraction of sp³-hybridized carbons (Fsp3) is 0.400. The van der Waals surface area contributed by atoms with Crippen molar-refractivity contribution in [1.29, 1.82) is 0 Å². The van der Waals surface area contributed by atoms with Crippen LogP contribution in [0.15, 0.2) is 58.6 Å². The minimum Gasteiger partial charge on any atom is -0.489 e. The van der Waals surface area contributed by atoms with Crippen LogP contribution in [-0.4, -0.2) is 32.0 Å². The lowest BCUT2D eigenvalue weighted by molar-refractivity contribution is -0.0705. The molecule has 7 nitrogen and oxygen atoms in total. The van der Waals surface area contributed by atoms with Crippen LogP contribution in [0.1, 0.15) is 61.6 Å². The van der Waals surface area contributed by atoms with E-state index in [9.17, 15) is 4.79 Å². The van der Waals surface area contributed by atoms with Gasteiger partial charge in [0.05, 0.1) is 27.5 Å². The van der Waals surface area contributed by atoms with Crippen LogP contribution in [0.25, 0.3) is 0 Å². The Bertz CT molecular complexity index is 1230. The van der Waals surface area contributed by atoms with Crippen molar-refractivity contribution in [2.24, 2.45) is 4.99 Å². The molecule has 1 fully saturated rings. The van der Waals surface area contributed by atoms with Gasteiger partial charge in [-0.25, -0.2) is 4.99 Å². The summed E-state index contributed by atoms with van der Waals surface area (Å²) in [6.07, 6.45) is 5.22. The Morgan fingerprint density at radius 3 is 2.97 bits per heavy atom. The summed E-state index contributed by atoms with van der Waals surface area (Å²) in [5.41, 5.74) is 2.44. The van der Waals surface area contributed by atoms with Crippen LogP contribution in [0.2, 0.25) is 0 Å². The van der Waals surface area contributed by atoms with Crippen molar-refractivity contribution in [1.82, 2.24) is 14.8 Å². The van der Waals surface area contributed by atoms with E-state index in [4.69, 9.17) is 14.5 Å². The van der Waals surface area contributed by atoms with Gasteiger partial charge in [0.2, 0.25) is 0 Å². The molecule has 3 aromatic rings. The predicted octanol–water partition coefficient (Wildman–Crippen LogP) is 5.17. The predicted molar refractivity (Wildman–Crippen MR) is 131 cm³/mol. The van der Waals surface area contributed by atoms with E-state index >= 15 is 0 Å². The summed E-state index contributed by atoms with van der Waals surface area (Å²) in [5.74, 6) is 1.51. The Morgan fingerprint density at radius 1 is 1.30 bits per heavy atom. The normalized spacial score (nSPS) is 21.8. The number of aromatic amines is 1. The Labute approximate surface area is 197 Å². The highest BCUT2D eigenvalue weighted by atomic mass is 32.2. The lowest BCUT2D eigenvalue weighted by Gasteiger charge is -2.36. The summed E-state index contributed by atoms with van der Waals surface area (Å²) in [4.78, 5) is 22.1. The van der Waals surface area contributed by atoms with E-state index in [1.807, 2.05) is 48.0 Å². The van der Waals surface area contributed by atoms with Crippen LogP contribution in [0, 0.1) is 0 Å². The van der Waals surface area contributed by atoms with Crippen molar-refractivity contribution < 1.29 is 9.47 Å². The van der Waals surface area contributed by atoms with Crippen LogP contribution in [-0.2, 0) is 11.3 Å². The monoisotopic (exact) mass is 464 g/mol. The Kier molecular flexibility index (Phi) is 5.88. The summed E-state index contributed by atoms with van der Waals surface area (Å²) in [6, 6.07) is 12.0. The fourth-order valence-electron chi connectivity index (χ4n) is 4.55. The summed E-state index contributed by atoms with van der Waals surface area (Å²) >= 11 is 1.61. The number of benzene rings is 1. The number of ether oxygens (including phenoxy) is 2. The molecule has 2 atom stereocenters. The molecule has 0 amide bonds. The highest BCUT2D eigenvalue weighted by Gasteiger charge is 2.35. The molecule has 2 aliphatic rings. The molecule has 1 aromatic carbocycles. The van der Waals surface area contributed by atoms with Gasteiger partial charge in [0.1, 0.15) is 12.4 Å². The molecule has 33 heavy (non-hydrogen) atoms. The number of nitrogens with zero attached hydrogens (tertiary/aromatic N) is 3. The van der Waals surface area contributed by atoms with E-state index in [2.05, 4.69) is 23.9 Å². The lowest BCUT2D eigenvalue weighted by Crippen LogP contribution is -2.35. The molecule has 1 N–H and O–H groups in total. The molecule has 1 saturated heterocycles. The number of aromatic nitrogens is 3. The third-order valence-corrected chi connectivity index (χ3v) is 7.25. The molecule has 4 heterocycles. The maximum Gasteiger partial charge on any atom is 0.271 e. The van der Waals surface area contributed by atoms with Crippen LogP contribution >= 0.6 is 11.8 Å². The highest BCUT2D eigenvalue weighted by Crippen LogP contribution is 2.46. The zero-order valence-electron chi connectivity index (χ0n) is 19.1. The van der Waals surface area contributed by atoms with E-state index in [1.54, 1.807) is 24.2 Å². The molecule has 0 aliphatic carbocycles. The zero-order valence-corrected chi connectivity index (χ0v) is 19.9. The number of H-pyrrole nitrogens is 1. The van der Waals surface area contributed by atoms with Crippen molar-refractivity contribution >= 4 is 22.6 Å². The quantitative estimate of drug-likeness (QED) is 0.564. The van der Waals surface area contributed by atoms with E-state index in [1.165, 1.54) is 0 Å². The van der Waals surface area contributed by atoms with Gasteiger partial charge in [-0.3, -0.25) is 19.6 Å². The van der Waals surface area contributed by atoms with Crippen molar-refractivity contribution in [3.63, 3.8) is 0 Å². The molecule has 0 bridgehead atoms. The first-order valence-corrected chi connectivity index (χ1v) is 12.1. The van der Waals surface area contributed by atoms with Gasteiger partial charge < -0.3 is 9.47 Å². The summed E-state index contributed by atoms with van der Waals surface area (Å²) in [7, 11) is 0. The topological polar surface area (TPSA) is 81.5 Å². The van der Waals surface area contributed by atoms with Gasteiger partial charge >= 0.3 is 0 Å². The van der Waals surface area contributed by atoms with Crippen LogP contribution in [0.5, 0.6) is 5.75 Å². The SMILES string of the molecule is CC1=Nc2c(c(=O)[nH]n2C2CCOC(C)(C)C2)C(c2cccc(OCc3cccnc3)c2)S1. The number of rotatable bonds is 5. The largest absolute Gasteiger partial charge is 0.489 e. The average Bonchev–Trinajstić information content (AvgIpc) is 3.13. The summed E-state index contributed by atoms with van der Waals surface area (Å²) < 4.78 is 13.9. The van der Waals surface area contributed by atoms with E-state index < -0.39 is 0 Å². The molecule has 0 saturated carbocycles. The summed E-state index contributed by atoms with van der Waals surface area (Å²) in [6.45, 7) is 7.30. The van der Waals surface area contributed by atoms with Gasteiger partial charge in [-0.1, -0.05) is 30.0 Å². The van der Waals surface area contributed by atoms with Gasteiger partial charge in [-0.15, -0.1) is 0 Å². The Morgan fingerprint density at radius 2 is 2.18 bits per heavy atom. The zero-order chi connectivity index (χ0) is 23.0. The van der Waals surface area contributed by atoms with Crippen molar-refractivity contribution in [3.8, 4) is 5.75 Å². The van der Waals surface area contributed by atoms with Crippen molar-refractivity contribution in [2.75, 3.05) is 6.61 Å². The van der Waals surface area contributed by atoms with E-state index in [-0.39, 0.29) is 22.5 Å². The Balaban J connectivity index is 1.45. The van der Waals surface area contributed by atoms with E-state index in [0.29, 0.717) is 18.8 Å². The number of nitrogens with one attached hydrogen (secondary N) is 1. The standard InChI is InChI=1S/C25H28N4O3S/c1-16-27-23-21(24(30)28-29(23)19-9-11-32-25(2,3)13-19)22(33-16)18-7-4-8-20(12-18)31-15-17-6-5-10-26-14-17/h4-8,10,12,14,19,22H,9,11,13,15H2,1-3H3,(H,28,30). The number of pyridine rings is 1. The molecule has 2 aromatic heterocycles. The third-order valence-electron chi connectivity index (χ3n) is 6.08. The highest BCUT2D eigenvalue weighted by molar-refractivity contribution is 8.14. The Hall–Kier alpha value is -2.84. The smallest absolute Gasteiger partial charge is 0.271 e. The molecule has 0 spiro atoms. The second kappa shape index (κ2) is 8.83. The number of hydrogen-bond acceptors (Lipinski definition) is 6. The average molecular weight is 465 g/mol. The lowest BCUT2D eigenvalue weighted by atomic mass is 9.94. The maximum absolute atomic E-state index is 13.1. The molecule has 2 unspecified atom stereocenters.